The van der Waals surface area contributed by atoms with Crippen LogP contribution < -0.4 is 0 Å². The molecule has 0 fully saturated rings. The molecule has 2 aliphatic heterocycles. The van der Waals surface area contributed by atoms with Crippen molar-refractivity contribution in [2.75, 3.05) is 13.1 Å². The molecule has 34 heavy (non-hydrogen) atoms. The SMILES string of the molecule is CC(C)N1CCc2c(sc3c2CCCC3CC(C)N2CCn3c(cc4c3CCCC4)C2=O)C1=O. The summed E-state index contributed by atoms with van der Waals surface area (Å²) in [6.45, 7) is 9.07. The van der Waals surface area contributed by atoms with E-state index in [-0.39, 0.29) is 23.9 Å². The highest BCUT2D eigenvalue weighted by Crippen LogP contribution is 2.45. The second-order valence-electron chi connectivity index (χ2n) is 11.1. The third kappa shape index (κ3) is 3.47. The molecule has 4 aliphatic rings. The van der Waals surface area contributed by atoms with Crippen molar-refractivity contribution in [1.82, 2.24) is 14.4 Å². The lowest BCUT2D eigenvalue weighted by molar-refractivity contribution is 0.0614. The fourth-order valence-electron chi connectivity index (χ4n) is 7.01. The van der Waals surface area contributed by atoms with Gasteiger partial charge in [0.2, 0.25) is 0 Å². The number of carbonyl (C=O) groups is 2. The third-order valence-electron chi connectivity index (χ3n) is 8.79. The van der Waals surface area contributed by atoms with Crippen molar-refractivity contribution in [3.63, 3.8) is 0 Å². The van der Waals surface area contributed by atoms with Crippen LogP contribution in [0.1, 0.15) is 106 Å². The monoisotopic (exact) mass is 479 g/mol. The van der Waals surface area contributed by atoms with Crippen LogP contribution in [0.25, 0.3) is 0 Å². The molecule has 4 heterocycles. The number of nitrogens with zero attached hydrogens (tertiary/aromatic N) is 3. The van der Waals surface area contributed by atoms with Gasteiger partial charge in [-0.3, -0.25) is 9.59 Å². The Morgan fingerprint density at radius 3 is 2.56 bits per heavy atom. The molecule has 2 amide bonds. The Hall–Kier alpha value is -2.08. The first-order chi connectivity index (χ1) is 16.4. The number of hydrogen-bond donors (Lipinski definition) is 0. The Morgan fingerprint density at radius 1 is 0.912 bits per heavy atom. The molecule has 6 rings (SSSR count). The highest BCUT2D eigenvalue weighted by atomic mass is 32.1. The second-order valence-corrected chi connectivity index (χ2v) is 12.2. The Balaban J connectivity index is 1.22. The zero-order valence-electron chi connectivity index (χ0n) is 20.9. The number of thiophene rings is 1. The predicted molar refractivity (Wildman–Crippen MR) is 136 cm³/mol. The van der Waals surface area contributed by atoms with Gasteiger partial charge in [0.15, 0.2) is 0 Å². The first kappa shape index (κ1) is 22.4. The van der Waals surface area contributed by atoms with E-state index in [0.717, 1.165) is 62.3 Å². The molecule has 2 aliphatic carbocycles. The van der Waals surface area contributed by atoms with Gasteiger partial charge in [-0.1, -0.05) is 0 Å². The van der Waals surface area contributed by atoms with Crippen molar-refractivity contribution in [2.45, 2.75) is 103 Å². The van der Waals surface area contributed by atoms with E-state index in [2.05, 4.69) is 36.3 Å². The summed E-state index contributed by atoms with van der Waals surface area (Å²) in [5.74, 6) is 0.917. The maximum atomic E-state index is 13.5. The molecular formula is C28H37N3O2S. The van der Waals surface area contributed by atoms with Crippen molar-refractivity contribution < 1.29 is 9.59 Å². The molecule has 5 nitrogen and oxygen atoms in total. The Morgan fingerprint density at radius 2 is 1.74 bits per heavy atom. The van der Waals surface area contributed by atoms with Crippen LogP contribution in [0, 0.1) is 0 Å². The molecule has 0 spiro atoms. The van der Waals surface area contributed by atoms with E-state index in [1.54, 1.807) is 11.3 Å². The predicted octanol–water partition coefficient (Wildman–Crippen LogP) is 5.19. The van der Waals surface area contributed by atoms with Crippen LogP contribution in [0.2, 0.25) is 0 Å². The fourth-order valence-corrected chi connectivity index (χ4v) is 8.51. The van der Waals surface area contributed by atoms with E-state index < -0.39 is 0 Å². The topological polar surface area (TPSA) is 45.5 Å². The zero-order valence-corrected chi connectivity index (χ0v) is 21.7. The van der Waals surface area contributed by atoms with Gasteiger partial charge in [0.25, 0.3) is 11.8 Å². The number of carbonyl (C=O) groups excluding carboxylic acids is 2. The van der Waals surface area contributed by atoms with Gasteiger partial charge in [-0.15, -0.1) is 11.3 Å². The van der Waals surface area contributed by atoms with E-state index in [9.17, 15) is 9.59 Å². The number of fused-ring (bicyclic) bond motifs is 6. The molecule has 0 aromatic carbocycles. The Kier molecular flexibility index (Phi) is 5.63. The molecule has 2 aromatic heterocycles. The first-order valence-corrected chi connectivity index (χ1v) is 14.2. The van der Waals surface area contributed by atoms with Gasteiger partial charge in [0.05, 0.1) is 4.88 Å². The smallest absolute Gasteiger partial charge is 0.270 e. The maximum Gasteiger partial charge on any atom is 0.270 e. The lowest BCUT2D eigenvalue weighted by Gasteiger charge is -2.36. The molecule has 0 N–H and O–H groups in total. The number of aryl methyl sites for hydroxylation is 1. The van der Waals surface area contributed by atoms with Gasteiger partial charge in [-0.2, -0.15) is 0 Å². The minimum Gasteiger partial charge on any atom is -0.339 e. The normalized spacial score (nSPS) is 23.0. The minimum atomic E-state index is 0.214. The molecule has 0 bridgehead atoms. The lowest BCUT2D eigenvalue weighted by Crippen LogP contribution is -2.46. The Bertz CT molecular complexity index is 1140. The first-order valence-electron chi connectivity index (χ1n) is 13.4. The molecular weight excluding hydrogens is 442 g/mol. The summed E-state index contributed by atoms with van der Waals surface area (Å²) in [5, 5.41) is 0. The van der Waals surface area contributed by atoms with E-state index in [1.165, 1.54) is 52.9 Å². The number of aromatic nitrogens is 1. The van der Waals surface area contributed by atoms with Crippen molar-refractivity contribution >= 4 is 23.2 Å². The molecule has 2 aromatic rings. The van der Waals surface area contributed by atoms with E-state index in [1.807, 2.05) is 4.90 Å². The van der Waals surface area contributed by atoms with E-state index in [0.29, 0.717) is 5.92 Å². The van der Waals surface area contributed by atoms with Crippen LogP contribution in [0.5, 0.6) is 0 Å². The molecule has 0 saturated carbocycles. The van der Waals surface area contributed by atoms with Gasteiger partial charge < -0.3 is 14.4 Å². The molecule has 0 radical (unpaired) electrons. The number of hydrogen-bond acceptors (Lipinski definition) is 3. The molecule has 2 atom stereocenters. The lowest BCUT2D eigenvalue weighted by atomic mass is 9.82. The summed E-state index contributed by atoms with van der Waals surface area (Å²) in [4.78, 5) is 33.3. The summed E-state index contributed by atoms with van der Waals surface area (Å²) in [6, 6.07) is 2.66. The standard InChI is InChI=1S/C28H37N3O2S/c1-17(2)29-12-11-22-21-9-6-8-20(25(21)34-26(22)28(29)33)15-18(3)30-13-14-31-23-10-5-4-7-19(23)16-24(31)27(30)32/h16-18,20H,4-15H2,1-3H3. The van der Waals surface area contributed by atoms with Crippen LogP contribution >= 0.6 is 11.3 Å². The second kappa shape index (κ2) is 8.54. The van der Waals surface area contributed by atoms with Gasteiger partial charge in [-0.25, -0.2) is 0 Å². The van der Waals surface area contributed by atoms with Crippen LogP contribution in [0.4, 0.5) is 0 Å². The Labute approximate surface area is 207 Å². The van der Waals surface area contributed by atoms with E-state index >= 15 is 0 Å². The van der Waals surface area contributed by atoms with Crippen LogP contribution in [-0.4, -0.2) is 51.4 Å². The quantitative estimate of drug-likeness (QED) is 0.606. The van der Waals surface area contributed by atoms with Gasteiger partial charge in [-0.05, 0) is 107 Å². The zero-order chi connectivity index (χ0) is 23.6. The fraction of sp³-hybridized carbons (Fsp3) is 0.643. The molecule has 6 heteroatoms. The average Bonchev–Trinajstić information content (AvgIpc) is 3.40. The van der Waals surface area contributed by atoms with E-state index in [4.69, 9.17) is 0 Å². The largest absolute Gasteiger partial charge is 0.339 e. The number of amides is 2. The van der Waals surface area contributed by atoms with Gasteiger partial charge in [0.1, 0.15) is 5.69 Å². The maximum absolute atomic E-state index is 13.5. The molecule has 2 unspecified atom stereocenters. The number of rotatable bonds is 4. The summed E-state index contributed by atoms with van der Waals surface area (Å²) in [6.07, 6.45) is 10.2. The minimum absolute atomic E-state index is 0.214. The van der Waals surface area contributed by atoms with Crippen molar-refractivity contribution in [2.24, 2.45) is 0 Å². The van der Waals surface area contributed by atoms with Crippen LogP contribution in [0.3, 0.4) is 0 Å². The average molecular weight is 480 g/mol. The molecule has 0 saturated heterocycles. The van der Waals surface area contributed by atoms with Crippen molar-refractivity contribution in [3.8, 4) is 0 Å². The summed E-state index contributed by atoms with van der Waals surface area (Å²) in [7, 11) is 0. The van der Waals surface area contributed by atoms with Crippen LogP contribution in [0.15, 0.2) is 6.07 Å². The van der Waals surface area contributed by atoms with Crippen molar-refractivity contribution in [1.29, 1.82) is 0 Å². The summed E-state index contributed by atoms with van der Waals surface area (Å²) < 4.78 is 2.32. The van der Waals surface area contributed by atoms with Crippen molar-refractivity contribution in [3.05, 3.63) is 43.9 Å². The highest BCUT2D eigenvalue weighted by Gasteiger charge is 2.37. The van der Waals surface area contributed by atoms with Gasteiger partial charge >= 0.3 is 0 Å². The highest BCUT2D eigenvalue weighted by molar-refractivity contribution is 7.14. The van der Waals surface area contributed by atoms with Crippen LogP contribution in [-0.2, 0) is 32.2 Å². The summed E-state index contributed by atoms with van der Waals surface area (Å²) in [5.41, 5.74) is 6.57. The molecule has 182 valence electrons. The summed E-state index contributed by atoms with van der Waals surface area (Å²) >= 11 is 1.77. The third-order valence-corrected chi connectivity index (χ3v) is 10.2. The van der Waals surface area contributed by atoms with Gasteiger partial charge in [0, 0.05) is 42.3 Å².